The molecule has 0 amide bonds. The predicted molar refractivity (Wildman–Crippen MR) is 481 cm³/mol. The highest BCUT2D eigenvalue weighted by atomic mass is 35.5. The fourth-order valence-electron chi connectivity index (χ4n) is 11.6. The molecule has 9 aromatic carbocycles. The maximum absolute atomic E-state index is 15.0. The Morgan fingerprint density at radius 1 is 0.381 bits per heavy atom. The summed E-state index contributed by atoms with van der Waals surface area (Å²) in [6, 6.07) is 42.5. The molecule has 0 saturated heterocycles. The van der Waals surface area contributed by atoms with Gasteiger partial charge >= 0.3 is 17.7 Å². The summed E-state index contributed by atoms with van der Waals surface area (Å²) < 4.78 is 129. The standard InChI is InChI=1S/C40H44F2N4O8.C22H12F2N4O4.C9H17ClO2.C8H4Cl2O2.C7H7FN2O2.C7H4FNO.CH4O/c1-3-5-7-9-11-13-23-49-39(47)51-29-19-21-31(33(41)25-29)35-43-37(53-45-35)27-15-17-28(18-16-27)38-44-36(46-54-38)32-22-20-30(26-34(32)42)52-40(48)50-24-14-12-10-8-6-4-2;23-17-9-13(29)5-7-15(17)19-25-21(31-27-19)11-1-2-12(4-3-11)22-26-20(28-32-22)16-8-6-14(30)10-18(16)24;1-2-3-4-5-6-7-8-12-9(10)11;9-7(11)5-1-2-6(4-3-5)8(10)12;8-6-3-4(11)1-2-5(6)7(9)10-12;8-7-3-6(10)2-1-5(7)4-9;1-2/h15-22,25-26H,3-14,23-24H2,1-2H3;1-10,29-30H;2-8H2,1H3;1-4H;1-3,11-12H,(H2,9,10);1-3,10H;2H,1H3. The lowest BCUT2D eigenvalue weighted by Crippen LogP contribution is -2.14. The second-order valence-corrected chi connectivity index (χ2v) is 29.3. The number of aliphatic hydroxyl groups excluding tert-OH is 1. The second kappa shape index (κ2) is 56.8. The summed E-state index contributed by atoms with van der Waals surface area (Å²) in [5.74, 6) is -4.72. The van der Waals surface area contributed by atoms with Crippen LogP contribution in [0, 0.1) is 46.2 Å². The molecule has 31 nitrogen and oxygen atoms in total. The lowest BCUT2D eigenvalue weighted by molar-refractivity contribution is 0.0961. The van der Waals surface area contributed by atoms with Gasteiger partial charge in [0, 0.05) is 88.5 Å². The van der Waals surface area contributed by atoms with Gasteiger partial charge in [-0.05, 0) is 188 Å². The van der Waals surface area contributed by atoms with Crippen LogP contribution in [0.3, 0.4) is 0 Å². The monoisotopic (exact) mass is 1910 g/mol. The van der Waals surface area contributed by atoms with Crippen LogP contribution in [0.5, 0.6) is 34.5 Å². The quantitative estimate of drug-likeness (QED) is 0.00188. The number of nitriles is 1. The second-order valence-electron chi connectivity index (χ2n) is 28.3. The van der Waals surface area contributed by atoms with E-state index in [4.69, 9.17) is 103 Å². The molecule has 0 aliphatic carbocycles. The number of hydrogen-bond donors (Lipinski definition) is 7. The SMILES string of the molecule is CCCCCCCCOC(=O)Cl.CCCCCCCCOC(=O)Oc1ccc(-c2noc(-c3ccc(-c4nc(-c5ccc(OC(=O)OCCCCCCCC)cc5F)no4)cc3)n2)c(F)c1.CO.N#Cc1ccc(O)cc1F.N/C(=N/O)c1ccc(O)cc1F.O=C(Cl)c1ccc(C(=O)Cl)cc1.Oc1ccc(-c2noc(-c3ccc(-c4nc(-c5ccc(O)cc5F)no4)cc3)n2)c(F)c1. The van der Waals surface area contributed by atoms with Gasteiger partial charge in [-0.25, -0.2) is 40.7 Å². The highest BCUT2D eigenvalue weighted by molar-refractivity contribution is 6.68. The number of nitrogens with two attached hydrogens (primary N) is 1. The molecule has 13 rings (SSSR count). The van der Waals surface area contributed by atoms with Crippen LogP contribution in [0.2, 0.25) is 0 Å². The van der Waals surface area contributed by atoms with Crippen molar-refractivity contribution in [2.24, 2.45) is 10.9 Å². The summed E-state index contributed by atoms with van der Waals surface area (Å²) in [6.07, 6.45) is 17.9. The Balaban J connectivity index is 0.000000254. The summed E-state index contributed by atoms with van der Waals surface area (Å²) in [6.45, 7) is 7.43. The Labute approximate surface area is 778 Å². The molecule has 0 bridgehead atoms. The molecule has 0 saturated carbocycles. The minimum Gasteiger partial charge on any atom is -0.508 e. The number of ether oxygens (including phenoxy) is 5. The maximum Gasteiger partial charge on any atom is 0.513 e. The molecule has 0 radical (unpaired) electrons. The Morgan fingerprint density at radius 2 is 0.664 bits per heavy atom. The number of halogens is 9. The van der Waals surface area contributed by atoms with Crippen LogP contribution in [-0.2, 0) is 14.2 Å². The van der Waals surface area contributed by atoms with E-state index in [-0.39, 0.29) is 134 Å². The van der Waals surface area contributed by atoms with Crippen LogP contribution in [0.15, 0.2) is 205 Å². The zero-order valence-corrected chi connectivity index (χ0v) is 74.8. The van der Waals surface area contributed by atoms with Gasteiger partial charge in [0.15, 0.2) is 5.84 Å². The van der Waals surface area contributed by atoms with E-state index in [0.29, 0.717) is 40.0 Å². The first-order chi connectivity index (χ1) is 64.6. The van der Waals surface area contributed by atoms with E-state index < -0.39 is 63.1 Å². The average molecular weight is 1920 g/mol. The van der Waals surface area contributed by atoms with Crippen molar-refractivity contribution in [3.63, 3.8) is 0 Å². The fourth-order valence-corrected chi connectivity index (χ4v) is 11.9. The molecule has 134 heavy (non-hydrogen) atoms. The van der Waals surface area contributed by atoms with Gasteiger partial charge in [0.05, 0.1) is 53.2 Å². The van der Waals surface area contributed by atoms with Gasteiger partial charge in [0.25, 0.3) is 34.0 Å². The van der Waals surface area contributed by atoms with E-state index in [9.17, 15) is 60.5 Å². The number of carbonyl (C=O) groups excluding carboxylic acids is 5. The number of phenols is 4. The number of phenolic OH excluding ortho intramolecular Hbond substituents is 4. The van der Waals surface area contributed by atoms with E-state index in [1.54, 1.807) is 54.6 Å². The van der Waals surface area contributed by atoms with E-state index in [1.807, 2.05) is 0 Å². The maximum atomic E-state index is 15.0. The van der Waals surface area contributed by atoms with Crippen molar-refractivity contribution in [1.29, 1.82) is 5.26 Å². The van der Waals surface area contributed by atoms with Crippen LogP contribution in [0.1, 0.15) is 168 Å². The highest BCUT2D eigenvalue weighted by Crippen LogP contribution is 2.34. The van der Waals surface area contributed by atoms with Crippen molar-refractivity contribution in [2.45, 2.75) is 136 Å². The van der Waals surface area contributed by atoms with Crippen molar-refractivity contribution in [3.8, 4) is 132 Å². The minimum atomic E-state index is -0.900. The first-order valence-corrected chi connectivity index (χ1v) is 42.7. The number of oxime groups is 1. The number of rotatable bonds is 34. The van der Waals surface area contributed by atoms with Crippen molar-refractivity contribution in [1.82, 2.24) is 40.6 Å². The molecule has 0 spiro atoms. The first-order valence-electron chi connectivity index (χ1n) is 41.5. The molecule has 0 aliphatic heterocycles. The Kier molecular flexibility index (Phi) is 45.0. The van der Waals surface area contributed by atoms with E-state index in [1.165, 1.54) is 136 Å². The summed E-state index contributed by atoms with van der Waals surface area (Å²) >= 11 is 15.3. The molecule has 0 atom stereocenters. The first kappa shape index (κ1) is 106. The van der Waals surface area contributed by atoms with E-state index in [0.717, 1.165) is 121 Å². The third kappa shape index (κ3) is 35.2. The van der Waals surface area contributed by atoms with Crippen LogP contribution in [-0.4, -0.2) is 132 Å². The van der Waals surface area contributed by atoms with Crippen LogP contribution in [0.4, 0.5) is 40.7 Å². The van der Waals surface area contributed by atoms with Gasteiger partial charge in [0.1, 0.15) is 75.5 Å². The molecule has 0 fully saturated rings. The Bertz CT molecular complexity index is 5730. The molecular formula is C94H92Cl3F6N11O20. The van der Waals surface area contributed by atoms with E-state index in [2.05, 4.69) is 71.2 Å². The molecule has 40 heteroatoms. The number of aliphatic hydroxyl groups is 1. The number of unbranched alkanes of at least 4 members (excludes halogenated alkanes) is 15. The number of aromatic nitrogens is 8. The summed E-state index contributed by atoms with van der Waals surface area (Å²) in [4.78, 5) is 72.3. The fraction of sp³-hybridized carbons (Fsp3) is 0.266. The topological polar surface area (TPSA) is 471 Å². The van der Waals surface area contributed by atoms with Gasteiger partial charge in [0.2, 0.25) is 23.3 Å². The molecular weight excluding hydrogens is 1820 g/mol. The van der Waals surface area contributed by atoms with Crippen LogP contribution in [0.25, 0.3) is 91.4 Å². The number of nitrogens with zero attached hydrogens (tertiary/aromatic N) is 10. The molecule has 4 aromatic heterocycles. The van der Waals surface area contributed by atoms with Crippen LogP contribution >= 0.6 is 34.8 Å². The number of amidine groups is 1. The van der Waals surface area contributed by atoms with Crippen LogP contribution < -0.4 is 15.2 Å². The zero-order valence-electron chi connectivity index (χ0n) is 72.5. The van der Waals surface area contributed by atoms with Gasteiger partial charge in [-0.2, -0.15) is 25.2 Å². The van der Waals surface area contributed by atoms with Crippen molar-refractivity contribution in [3.05, 3.63) is 239 Å². The van der Waals surface area contributed by atoms with Gasteiger partial charge in [-0.3, -0.25) is 9.59 Å². The molecule has 8 N–H and O–H groups in total. The average Bonchev–Trinajstić information content (AvgIpc) is 1.67. The molecule has 4 heterocycles. The number of carbonyl (C=O) groups is 5. The van der Waals surface area contributed by atoms with Crippen molar-refractivity contribution < 1.29 is 123 Å². The third-order valence-electron chi connectivity index (χ3n) is 18.5. The van der Waals surface area contributed by atoms with Gasteiger partial charge in [-0.15, -0.1) is 0 Å². The summed E-state index contributed by atoms with van der Waals surface area (Å²) in [7, 11) is 1.00. The number of benzene rings is 9. The lowest BCUT2D eigenvalue weighted by atomic mass is 10.1. The Hall–Kier alpha value is -14.7. The number of hydrogen-bond acceptors (Lipinski definition) is 30. The van der Waals surface area contributed by atoms with Crippen molar-refractivity contribution >= 4 is 68.9 Å². The van der Waals surface area contributed by atoms with Crippen molar-refractivity contribution in [2.75, 3.05) is 26.9 Å². The number of aromatic hydroxyl groups is 4. The predicted octanol–water partition coefficient (Wildman–Crippen LogP) is 23.8. The Morgan fingerprint density at radius 3 is 0.948 bits per heavy atom. The summed E-state index contributed by atoms with van der Waals surface area (Å²) in [5.41, 5.74) is 7.48. The lowest BCUT2D eigenvalue weighted by Gasteiger charge is -2.07. The molecule has 706 valence electrons. The zero-order chi connectivity index (χ0) is 97.4. The molecule has 0 unspecified atom stereocenters. The van der Waals surface area contributed by atoms with Gasteiger partial charge < -0.3 is 78.3 Å². The van der Waals surface area contributed by atoms with E-state index >= 15 is 0 Å². The third-order valence-corrected chi connectivity index (χ3v) is 19.1. The molecule has 0 aliphatic rings. The molecule has 13 aromatic rings. The summed E-state index contributed by atoms with van der Waals surface area (Å²) in [5, 5.41) is 76.5. The largest absolute Gasteiger partial charge is 0.513 e. The minimum absolute atomic E-state index is 0.00572. The van der Waals surface area contributed by atoms with Gasteiger partial charge in [-0.1, -0.05) is 143 Å². The highest BCUT2D eigenvalue weighted by Gasteiger charge is 2.23. The normalized spacial score (nSPS) is 10.6. The smallest absolute Gasteiger partial charge is 0.508 e.